The molecule has 22 heavy (non-hydrogen) atoms. The summed E-state index contributed by atoms with van der Waals surface area (Å²) in [4.78, 5) is 11.5. The standard InChI is InChI=1S/C17H26O5/c1-3-4-7-17(21,12-22-9-8-18)11-14-5-6-16(20)15(10-14)13(2)19/h5-6,10,18,20-21H,3-4,7-9,11-12H2,1-2H3. The van der Waals surface area contributed by atoms with Gasteiger partial charge in [-0.1, -0.05) is 25.8 Å². The van der Waals surface area contributed by atoms with E-state index >= 15 is 0 Å². The van der Waals surface area contributed by atoms with Crippen molar-refractivity contribution in [1.29, 1.82) is 0 Å². The first-order chi connectivity index (χ1) is 10.4. The summed E-state index contributed by atoms with van der Waals surface area (Å²) in [5.41, 5.74) is -0.0169. The number of rotatable bonds is 10. The van der Waals surface area contributed by atoms with Gasteiger partial charge in [0.05, 0.1) is 31.0 Å². The SMILES string of the molecule is CCCCC(O)(COCCO)Cc1ccc(O)c(C(C)=O)c1. The number of aliphatic hydroxyl groups excluding tert-OH is 1. The minimum absolute atomic E-state index is 0.0510. The van der Waals surface area contributed by atoms with Crippen molar-refractivity contribution in [2.75, 3.05) is 19.8 Å². The monoisotopic (exact) mass is 310 g/mol. The molecule has 5 nitrogen and oxygen atoms in total. The number of ether oxygens (including phenoxy) is 1. The number of phenols is 1. The number of unbranched alkanes of at least 4 members (excludes halogenated alkanes) is 1. The lowest BCUT2D eigenvalue weighted by Crippen LogP contribution is -2.37. The van der Waals surface area contributed by atoms with Gasteiger partial charge in [0, 0.05) is 6.42 Å². The van der Waals surface area contributed by atoms with Gasteiger partial charge in [-0.15, -0.1) is 0 Å². The second-order valence-corrected chi connectivity index (χ2v) is 5.69. The molecule has 0 spiro atoms. The highest BCUT2D eigenvalue weighted by Gasteiger charge is 2.27. The molecule has 1 atom stereocenters. The van der Waals surface area contributed by atoms with E-state index in [2.05, 4.69) is 0 Å². The lowest BCUT2D eigenvalue weighted by molar-refractivity contribution is -0.0582. The first-order valence-corrected chi connectivity index (χ1v) is 7.65. The Balaban J connectivity index is 2.88. The van der Waals surface area contributed by atoms with E-state index in [4.69, 9.17) is 9.84 Å². The zero-order chi connectivity index (χ0) is 16.6. The van der Waals surface area contributed by atoms with Crippen LogP contribution in [-0.4, -0.2) is 46.5 Å². The Morgan fingerprint density at radius 1 is 1.36 bits per heavy atom. The highest BCUT2D eigenvalue weighted by molar-refractivity contribution is 5.96. The van der Waals surface area contributed by atoms with Gasteiger partial charge in [0.2, 0.25) is 0 Å². The van der Waals surface area contributed by atoms with Crippen molar-refractivity contribution in [1.82, 2.24) is 0 Å². The third-order valence-electron chi connectivity index (χ3n) is 3.58. The van der Waals surface area contributed by atoms with E-state index in [1.807, 2.05) is 6.92 Å². The maximum Gasteiger partial charge on any atom is 0.163 e. The van der Waals surface area contributed by atoms with Gasteiger partial charge in [0.15, 0.2) is 5.78 Å². The van der Waals surface area contributed by atoms with Crippen LogP contribution in [0.4, 0.5) is 0 Å². The Morgan fingerprint density at radius 2 is 2.09 bits per heavy atom. The fourth-order valence-electron chi connectivity index (χ4n) is 2.40. The van der Waals surface area contributed by atoms with Crippen molar-refractivity contribution < 1.29 is 24.9 Å². The van der Waals surface area contributed by atoms with E-state index in [0.29, 0.717) is 12.8 Å². The molecule has 1 aromatic carbocycles. The Labute approximate surface area is 131 Å². The molecule has 0 heterocycles. The number of ketones is 1. The molecule has 5 heteroatoms. The van der Waals surface area contributed by atoms with Crippen molar-refractivity contribution in [3.63, 3.8) is 0 Å². The number of hydrogen-bond donors (Lipinski definition) is 3. The predicted octanol–water partition coefficient (Wildman–Crippen LogP) is 2.07. The lowest BCUT2D eigenvalue weighted by Gasteiger charge is -2.28. The number of benzene rings is 1. The van der Waals surface area contributed by atoms with Gasteiger partial charge in [-0.3, -0.25) is 4.79 Å². The van der Waals surface area contributed by atoms with E-state index < -0.39 is 5.60 Å². The molecule has 1 rings (SSSR count). The average molecular weight is 310 g/mol. The van der Waals surface area contributed by atoms with Crippen molar-refractivity contribution >= 4 is 5.78 Å². The molecule has 0 aliphatic carbocycles. The molecule has 0 aliphatic rings. The maximum absolute atomic E-state index is 11.5. The van der Waals surface area contributed by atoms with E-state index in [1.54, 1.807) is 12.1 Å². The van der Waals surface area contributed by atoms with E-state index in [0.717, 1.165) is 18.4 Å². The van der Waals surface area contributed by atoms with Crippen molar-refractivity contribution in [3.05, 3.63) is 29.3 Å². The summed E-state index contributed by atoms with van der Waals surface area (Å²) in [6.07, 6.45) is 2.72. The molecule has 0 fully saturated rings. The van der Waals surface area contributed by atoms with Crippen LogP contribution in [0.3, 0.4) is 0 Å². The molecule has 0 amide bonds. The summed E-state index contributed by atoms with van der Waals surface area (Å²) in [5, 5.41) is 29.2. The number of Topliss-reactive ketones (excluding diaryl/α,β-unsaturated/α-hetero) is 1. The number of aromatic hydroxyl groups is 1. The fraction of sp³-hybridized carbons (Fsp3) is 0.588. The molecule has 124 valence electrons. The summed E-state index contributed by atoms with van der Waals surface area (Å²) < 4.78 is 5.30. The summed E-state index contributed by atoms with van der Waals surface area (Å²) in [5.74, 6) is -0.266. The van der Waals surface area contributed by atoms with E-state index in [-0.39, 0.29) is 36.9 Å². The Kier molecular flexibility index (Phi) is 7.51. The molecule has 0 aromatic heterocycles. The second kappa shape index (κ2) is 8.88. The van der Waals surface area contributed by atoms with Crippen molar-refractivity contribution in [2.45, 2.75) is 45.1 Å². The molecular formula is C17H26O5. The molecular weight excluding hydrogens is 284 g/mol. The van der Waals surface area contributed by atoms with Crippen LogP contribution in [0.5, 0.6) is 5.75 Å². The van der Waals surface area contributed by atoms with Crippen LogP contribution < -0.4 is 0 Å². The molecule has 0 radical (unpaired) electrons. The molecule has 0 aliphatic heterocycles. The first-order valence-electron chi connectivity index (χ1n) is 7.65. The molecule has 0 saturated carbocycles. The number of carbonyl (C=O) groups excluding carboxylic acids is 1. The van der Waals surface area contributed by atoms with Crippen molar-refractivity contribution in [3.8, 4) is 5.75 Å². The molecule has 3 N–H and O–H groups in total. The van der Waals surface area contributed by atoms with Gasteiger partial charge in [0.1, 0.15) is 5.75 Å². The first kappa shape index (κ1) is 18.6. The van der Waals surface area contributed by atoms with Crippen LogP contribution in [0.15, 0.2) is 18.2 Å². The highest BCUT2D eigenvalue weighted by Crippen LogP contribution is 2.25. The number of aliphatic hydroxyl groups is 2. The fourth-order valence-corrected chi connectivity index (χ4v) is 2.40. The molecule has 0 saturated heterocycles. The largest absolute Gasteiger partial charge is 0.507 e. The zero-order valence-electron chi connectivity index (χ0n) is 13.3. The Hall–Kier alpha value is -1.43. The van der Waals surface area contributed by atoms with Crippen LogP contribution in [0.25, 0.3) is 0 Å². The number of hydrogen-bond acceptors (Lipinski definition) is 5. The topological polar surface area (TPSA) is 87.0 Å². The quantitative estimate of drug-likeness (QED) is 0.455. The second-order valence-electron chi connectivity index (χ2n) is 5.69. The maximum atomic E-state index is 11.5. The number of carbonyl (C=O) groups is 1. The van der Waals surface area contributed by atoms with Gasteiger partial charge in [-0.05, 0) is 31.0 Å². The summed E-state index contributed by atoms with van der Waals surface area (Å²) in [6.45, 7) is 3.67. The smallest absolute Gasteiger partial charge is 0.163 e. The Morgan fingerprint density at radius 3 is 2.68 bits per heavy atom. The highest BCUT2D eigenvalue weighted by atomic mass is 16.5. The number of phenolic OH excluding ortho intramolecular Hbond substituents is 1. The lowest BCUT2D eigenvalue weighted by atomic mass is 9.89. The molecule has 1 unspecified atom stereocenters. The average Bonchev–Trinajstić information content (AvgIpc) is 2.47. The predicted molar refractivity (Wildman–Crippen MR) is 84.2 cm³/mol. The van der Waals surface area contributed by atoms with Gasteiger partial charge >= 0.3 is 0 Å². The van der Waals surface area contributed by atoms with Gasteiger partial charge < -0.3 is 20.1 Å². The Bertz CT molecular complexity index is 486. The van der Waals surface area contributed by atoms with Gasteiger partial charge in [0.25, 0.3) is 0 Å². The zero-order valence-corrected chi connectivity index (χ0v) is 13.3. The van der Waals surface area contributed by atoms with Crippen LogP contribution in [0, 0.1) is 0 Å². The third kappa shape index (κ3) is 5.75. The van der Waals surface area contributed by atoms with Crippen LogP contribution in [0.2, 0.25) is 0 Å². The molecule has 1 aromatic rings. The van der Waals surface area contributed by atoms with E-state index in [9.17, 15) is 15.0 Å². The summed E-state index contributed by atoms with van der Waals surface area (Å²) in [6, 6.07) is 4.78. The van der Waals surface area contributed by atoms with Gasteiger partial charge in [-0.25, -0.2) is 0 Å². The minimum atomic E-state index is -1.05. The van der Waals surface area contributed by atoms with Gasteiger partial charge in [-0.2, -0.15) is 0 Å². The van der Waals surface area contributed by atoms with Crippen LogP contribution in [-0.2, 0) is 11.2 Å². The third-order valence-corrected chi connectivity index (χ3v) is 3.58. The molecule has 0 bridgehead atoms. The normalized spacial score (nSPS) is 13.8. The van der Waals surface area contributed by atoms with Crippen LogP contribution in [0.1, 0.15) is 49.0 Å². The van der Waals surface area contributed by atoms with Crippen LogP contribution >= 0.6 is 0 Å². The summed E-state index contributed by atoms with van der Waals surface area (Å²) in [7, 11) is 0. The minimum Gasteiger partial charge on any atom is -0.507 e. The summed E-state index contributed by atoms with van der Waals surface area (Å²) >= 11 is 0. The van der Waals surface area contributed by atoms with E-state index in [1.165, 1.54) is 13.0 Å². The van der Waals surface area contributed by atoms with Crippen molar-refractivity contribution in [2.24, 2.45) is 0 Å².